The first kappa shape index (κ1) is 18.6. The highest BCUT2D eigenvalue weighted by atomic mass is 35.5. The summed E-state index contributed by atoms with van der Waals surface area (Å²) >= 11 is 6.23. The van der Waals surface area contributed by atoms with Crippen LogP contribution in [0.4, 0.5) is 5.69 Å². The van der Waals surface area contributed by atoms with Crippen LogP contribution >= 0.6 is 11.6 Å². The number of rotatable bonds is 3. The van der Waals surface area contributed by atoms with Crippen LogP contribution in [0.15, 0.2) is 36.4 Å². The third-order valence-electron chi connectivity index (χ3n) is 4.91. The van der Waals surface area contributed by atoms with Gasteiger partial charge in [-0.25, -0.2) is 0 Å². The Kier molecular flexibility index (Phi) is 5.39. The number of piperidine rings is 1. The highest BCUT2D eigenvalue weighted by Gasteiger charge is 2.23. The van der Waals surface area contributed by atoms with E-state index in [4.69, 9.17) is 21.1 Å². The number of likely N-dealkylation sites (tertiary alicyclic amines) is 1. The van der Waals surface area contributed by atoms with Gasteiger partial charge in [0.25, 0.3) is 11.8 Å². The summed E-state index contributed by atoms with van der Waals surface area (Å²) in [5.74, 6) is 0.472. The monoisotopic (exact) mass is 400 g/mol. The van der Waals surface area contributed by atoms with Gasteiger partial charge in [0.15, 0.2) is 11.5 Å². The van der Waals surface area contributed by atoms with Crippen LogP contribution < -0.4 is 14.8 Å². The second-order valence-corrected chi connectivity index (χ2v) is 7.24. The molecule has 0 bridgehead atoms. The van der Waals surface area contributed by atoms with Gasteiger partial charge in [0.1, 0.15) is 13.2 Å². The van der Waals surface area contributed by atoms with Crippen molar-refractivity contribution in [3.63, 3.8) is 0 Å². The predicted octanol–water partition coefficient (Wildman–Crippen LogP) is 3.99. The summed E-state index contributed by atoms with van der Waals surface area (Å²) in [6.07, 6.45) is 3.17. The summed E-state index contributed by atoms with van der Waals surface area (Å²) in [4.78, 5) is 27.6. The number of hydrogen-bond donors (Lipinski definition) is 1. The zero-order valence-corrected chi connectivity index (χ0v) is 16.1. The molecule has 0 spiro atoms. The van der Waals surface area contributed by atoms with Crippen molar-refractivity contribution in [3.05, 3.63) is 52.5 Å². The molecule has 7 heteroatoms. The molecule has 2 amide bonds. The number of nitrogens with one attached hydrogen (secondary N) is 1. The lowest BCUT2D eigenvalue weighted by molar-refractivity contribution is 0.0725. The van der Waals surface area contributed by atoms with Crippen LogP contribution in [-0.4, -0.2) is 43.0 Å². The van der Waals surface area contributed by atoms with Crippen molar-refractivity contribution in [2.45, 2.75) is 19.3 Å². The summed E-state index contributed by atoms with van der Waals surface area (Å²) in [5.41, 5.74) is 1.31. The van der Waals surface area contributed by atoms with E-state index in [-0.39, 0.29) is 11.8 Å². The molecule has 6 nitrogen and oxygen atoms in total. The van der Waals surface area contributed by atoms with Crippen LogP contribution in [0.5, 0.6) is 11.5 Å². The van der Waals surface area contributed by atoms with Crippen molar-refractivity contribution < 1.29 is 19.1 Å². The van der Waals surface area contributed by atoms with Gasteiger partial charge < -0.3 is 19.7 Å². The SMILES string of the molecule is O=C(Nc1ccccc1C(=O)N1CCCCC1)c1cc(Cl)c2c(c1)OCCO2. The normalized spacial score (nSPS) is 15.8. The number of anilines is 1. The average molecular weight is 401 g/mol. The fraction of sp³-hybridized carbons (Fsp3) is 0.333. The number of nitrogens with zero attached hydrogens (tertiary/aromatic N) is 1. The van der Waals surface area contributed by atoms with Crippen LogP contribution in [0.25, 0.3) is 0 Å². The predicted molar refractivity (Wildman–Crippen MR) is 107 cm³/mol. The molecular weight excluding hydrogens is 380 g/mol. The molecule has 2 aliphatic heterocycles. The van der Waals surface area contributed by atoms with Gasteiger partial charge in [0, 0.05) is 18.7 Å². The number of benzene rings is 2. The van der Waals surface area contributed by atoms with Gasteiger partial charge >= 0.3 is 0 Å². The molecule has 2 aromatic carbocycles. The van der Waals surface area contributed by atoms with Crippen molar-refractivity contribution in [2.24, 2.45) is 0 Å². The largest absolute Gasteiger partial charge is 0.486 e. The second kappa shape index (κ2) is 8.10. The van der Waals surface area contributed by atoms with Crippen LogP contribution in [-0.2, 0) is 0 Å². The quantitative estimate of drug-likeness (QED) is 0.845. The van der Waals surface area contributed by atoms with Crippen LogP contribution in [0.3, 0.4) is 0 Å². The number of fused-ring (bicyclic) bond motifs is 1. The van der Waals surface area contributed by atoms with E-state index in [1.807, 2.05) is 4.90 Å². The Morgan fingerprint density at radius 3 is 2.57 bits per heavy atom. The molecule has 0 aliphatic carbocycles. The van der Waals surface area contributed by atoms with Gasteiger partial charge in [-0.15, -0.1) is 0 Å². The summed E-state index contributed by atoms with van der Waals surface area (Å²) in [7, 11) is 0. The zero-order valence-electron chi connectivity index (χ0n) is 15.4. The molecule has 1 saturated heterocycles. The van der Waals surface area contributed by atoms with Crippen molar-refractivity contribution in [2.75, 3.05) is 31.6 Å². The fourth-order valence-corrected chi connectivity index (χ4v) is 3.75. The summed E-state index contributed by atoms with van der Waals surface area (Å²) in [6, 6.07) is 10.2. The molecule has 0 unspecified atom stereocenters. The Labute approximate surface area is 168 Å². The van der Waals surface area contributed by atoms with Gasteiger partial charge in [-0.1, -0.05) is 23.7 Å². The van der Waals surface area contributed by atoms with E-state index < -0.39 is 0 Å². The second-order valence-electron chi connectivity index (χ2n) is 6.83. The molecule has 1 N–H and O–H groups in total. The van der Waals surface area contributed by atoms with Crippen LogP contribution in [0, 0.1) is 0 Å². The smallest absolute Gasteiger partial charge is 0.255 e. The maximum absolute atomic E-state index is 12.9. The van der Waals surface area contributed by atoms with E-state index in [2.05, 4.69) is 5.32 Å². The Hall–Kier alpha value is -2.73. The number of para-hydroxylation sites is 1. The van der Waals surface area contributed by atoms with Crippen LogP contribution in [0.1, 0.15) is 40.0 Å². The van der Waals surface area contributed by atoms with Gasteiger partial charge in [-0.3, -0.25) is 9.59 Å². The number of ether oxygens (including phenoxy) is 2. The zero-order chi connectivity index (χ0) is 19.5. The first-order chi connectivity index (χ1) is 13.6. The molecule has 146 valence electrons. The number of amides is 2. The molecule has 2 aliphatic rings. The van der Waals surface area contributed by atoms with E-state index in [1.165, 1.54) is 0 Å². The topological polar surface area (TPSA) is 67.9 Å². The summed E-state index contributed by atoms with van der Waals surface area (Å²) < 4.78 is 11.0. The molecule has 0 radical (unpaired) electrons. The minimum Gasteiger partial charge on any atom is -0.486 e. The molecule has 0 saturated carbocycles. The van der Waals surface area contributed by atoms with Gasteiger partial charge in [-0.2, -0.15) is 0 Å². The average Bonchev–Trinajstić information content (AvgIpc) is 2.74. The summed E-state index contributed by atoms with van der Waals surface area (Å²) in [5, 5.41) is 3.16. The summed E-state index contributed by atoms with van der Waals surface area (Å²) in [6.45, 7) is 2.32. The van der Waals surface area contributed by atoms with Crippen LogP contribution in [0.2, 0.25) is 5.02 Å². The third kappa shape index (κ3) is 3.78. The van der Waals surface area contributed by atoms with Gasteiger partial charge in [0.05, 0.1) is 16.3 Å². The minimum atomic E-state index is -0.363. The van der Waals surface area contributed by atoms with Crippen molar-refractivity contribution in [1.29, 1.82) is 0 Å². The molecule has 0 atom stereocenters. The highest BCUT2D eigenvalue weighted by Crippen LogP contribution is 2.38. The number of carbonyl (C=O) groups excluding carboxylic acids is 2. The number of halogens is 1. The Morgan fingerprint density at radius 1 is 1.00 bits per heavy atom. The Balaban J connectivity index is 1.57. The minimum absolute atomic E-state index is 0.0594. The Bertz CT molecular complexity index is 909. The lowest BCUT2D eigenvalue weighted by atomic mass is 10.1. The van der Waals surface area contributed by atoms with E-state index in [9.17, 15) is 9.59 Å². The maximum Gasteiger partial charge on any atom is 0.255 e. The molecule has 2 heterocycles. The van der Waals surface area contributed by atoms with E-state index >= 15 is 0 Å². The van der Waals surface area contributed by atoms with E-state index in [0.717, 1.165) is 32.4 Å². The highest BCUT2D eigenvalue weighted by molar-refractivity contribution is 6.32. The lowest BCUT2D eigenvalue weighted by Crippen LogP contribution is -2.36. The third-order valence-corrected chi connectivity index (χ3v) is 5.19. The molecular formula is C21H21ClN2O4. The molecule has 4 rings (SSSR count). The van der Waals surface area contributed by atoms with Crippen molar-refractivity contribution in [1.82, 2.24) is 4.90 Å². The number of hydrogen-bond acceptors (Lipinski definition) is 4. The van der Waals surface area contributed by atoms with E-state index in [1.54, 1.807) is 36.4 Å². The fourth-order valence-electron chi connectivity index (χ4n) is 3.48. The maximum atomic E-state index is 12.9. The first-order valence-electron chi connectivity index (χ1n) is 9.42. The lowest BCUT2D eigenvalue weighted by Gasteiger charge is -2.27. The first-order valence-corrected chi connectivity index (χ1v) is 9.80. The molecule has 0 aromatic heterocycles. The molecule has 2 aromatic rings. The van der Waals surface area contributed by atoms with Gasteiger partial charge in [-0.05, 0) is 43.5 Å². The van der Waals surface area contributed by atoms with Gasteiger partial charge in [0.2, 0.25) is 0 Å². The van der Waals surface area contributed by atoms with Crippen molar-refractivity contribution in [3.8, 4) is 11.5 Å². The van der Waals surface area contributed by atoms with Crippen molar-refractivity contribution >= 4 is 29.1 Å². The Morgan fingerprint density at radius 2 is 1.75 bits per heavy atom. The van der Waals surface area contributed by atoms with E-state index in [0.29, 0.717) is 46.5 Å². The molecule has 28 heavy (non-hydrogen) atoms. The standard InChI is InChI=1S/C21H21ClN2O4/c22-16-12-14(13-18-19(16)28-11-10-27-18)20(25)23-17-7-3-2-6-15(17)21(26)24-8-4-1-5-9-24/h2-3,6-7,12-13H,1,4-5,8-11H2,(H,23,25). The number of carbonyl (C=O) groups is 2. The molecule has 1 fully saturated rings.